The topological polar surface area (TPSA) is 12.5 Å². The van der Waals surface area contributed by atoms with Gasteiger partial charge in [0, 0.05) is 0 Å². The molecule has 1 aliphatic heterocycles. The Labute approximate surface area is 99.6 Å². The zero-order valence-corrected chi connectivity index (χ0v) is 11.0. The number of rotatable bonds is 0. The fourth-order valence-corrected chi connectivity index (χ4v) is 2.78. The zero-order valence-electron chi connectivity index (χ0n) is 11.0. The van der Waals surface area contributed by atoms with Crippen LogP contribution in [-0.2, 0) is 4.74 Å². The van der Waals surface area contributed by atoms with Gasteiger partial charge in [-0.25, -0.2) is 0 Å². The van der Waals surface area contributed by atoms with Crippen LogP contribution in [0.4, 0.5) is 0 Å². The molecule has 0 aromatic heterocycles. The molecule has 2 unspecified atom stereocenters. The van der Waals surface area contributed by atoms with Crippen molar-refractivity contribution in [3.05, 3.63) is 23.8 Å². The third-order valence-electron chi connectivity index (χ3n) is 3.78. The van der Waals surface area contributed by atoms with Crippen LogP contribution in [0, 0.1) is 5.41 Å². The highest BCUT2D eigenvalue weighted by atomic mass is 16.6. The first-order chi connectivity index (χ1) is 7.41. The predicted molar refractivity (Wildman–Crippen MR) is 68.4 cm³/mol. The van der Waals surface area contributed by atoms with Gasteiger partial charge in [0.1, 0.15) is 0 Å². The molecule has 0 spiro atoms. The summed E-state index contributed by atoms with van der Waals surface area (Å²) in [5, 5.41) is 0. The van der Waals surface area contributed by atoms with E-state index in [2.05, 4.69) is 45.9 Å². The second-order valence-corrected chi connectivity index (χ2v) is 6.32. The van der Waals surface area contributed by atoms with Crippen molar-refractivity contribution in [1.29, 1.82) is 0 Å². The van der Waals surface area contributed by atoms with Gasteiger partial charge in [0.05, 0.1) is 11.7 Å². The number of hydrogen-bond donors (Lipinski definition) is 0. The van der Waals surface area contributed by atoms with Crippen LogP contribution >= 0.6 is 0 Å². The van der Waals surface area contributed by atoms with Crippen molar-refractivity contribution in [3.8, 4) is 0 Å². The molecule has 1 heteroatoms. The smallest absolute Gasteiger partial charge is 0.0954 e. The highest BCUT2D eigenvalue weighted by Gasteiger charge is 2.50. The molecule has 1 heterocycles. The third kappa shape index (κ3) is 2.76. The van der Waals surface area contributed by atoms with Gasteiger partial charge in [-0.3, -0.25) is 0 Å². The van der Waals surface area contributed by atoms with Gasteiger partial charge in [-0.1, -0.05) is 37.6 Å². The summed E-state index contributed by atoms with van der Waals surface area (Å²) in [6, 6.07) is 0. The van der Waals surface area contributed by atoms with Gasteiger partial charge < -0.3 is 4.74 Å². The lowest BCUT2D eigenvalue weighted by molar-refractivity contribution is 0.306. The maximum atomic E-state index is 5.80. The summed E-state index contributed by atoms with van der Waals surface area (Å²) < 4.78 is 5.80. The molecule has 1 saturated heterocycles. The number of allylic oxidation sites excluding steroid dienone is 3. The van der Waals surface area contributed by atoms with Gasteiger partial charge in [-0.15, -0.1) is 0 Å². The van der Waals surface area contributed by atoms with E-state index in [1.165, 1.54) is 24.8 Å². The molecule has 2 atom stereocenters. The highest BCUT2D eigenvalue weighted by molar-refractivity contribution is 5.12. The summed E-state index contributed by atoms with van der Waals surface area (Å²) in [4.78, 5) is 0. The van der Waals surface area contributed by atoms with Crippen molar-refractivity contribution in [1.82, 2.24) is 0 Å². The van der Waals surface area contributed by atoms with Crippen molar-refractivity contribution < 1.29 is 4.74 Å². The van der Waals surface area contributed by atoms with Crippen LogP contribution in [0.1, 0.15) is 53.4 Å². The molecule has 16 heavy (non-hydrogen) atoms. The molecule has 0 aromatic carbocycles. The molecule has 2 aliphatic rings. The minimum Gasteiger partial charge on any atom is -0.366 e. The van der Waals surface area contributed by atoms with Gasteiger partial charge in [0.15, 0.2) is 0 Å². The Morgan fingerprint density at radius 2 is 2.06 bits per heavy atom. The van der Waals surface area contributed by atoms with Crippen molar-refractivity contribution in [2.75, 3.05) is 0 Å². The Hall–Kier alpha value is -0.560. The van der Waals surface area contributed by atoms with Crippen LogP contribution in [0.3, 0.4) is 0 Å². The van der Waals surface area contributed by atoms with Crippen LogP contribution < -0.4 is 0 Å². The zero-order chi connectivity index (χ0) is 11.8. The van der Waals surface area contributed by atoms with Gasteiger partial charge in [-0.2, -0.15) is 0 Å². The Balaban J connectivity index is 2.11. The molecule has 0 N–H and O–H groups in total. The minimum atomic E-state index is 0.138. The quantitative estimate of drug-likeness (QED) is 0.439. The molecule has 0 bridgehead atoms. The predicted octanol–water partition coefficient (Wildman–Crippen LogP) is 4.25. The molecule has 0 aromatic rings. The van der Waals surface area contributed by atoms with E-state index in [1.54, 1.807) is 0 Å². The lowest BCUT2D eigenvalue weighted by Gasteiger charge is -2.20. The van der Waals surface area contributed by atoms with Crippen LogP contribution in [0.2, 0.25) is 0 Å². The molecule has 0 saturated carbocycles. The molecule has 0 amide bonds. The number of ether oxygens (including phenoxy) is 1. The molecule has 90 valence electrons. The SMILES string of the molecule is CC1=CCCC2OC2(C)CC=CC(C)(C)C1. The van der Waals surface area contributed by atoms with Crippen LogP contribution in [0.15, 0.2) is 23.8 Å². The number of hydrogen-bond acceptors (Lipinski definition) is 1. The van der Waals surface area contributed by atoms with Crippen molar-refractivity contribution in [2.45, 2.75) is 65.1 Å². The van der Waals surface area contributed by atoms with E-state index < -0.39 is 0 Å². The van der Waals surface area contributed by atoms with Gasteiger partial charge in [0.25, 0.3) is 0 Å². The van der Waals surface area contributed by atoms with Crippen molar-refractivity contribution >= 4 is 0 Å². The normalized spacial score (nSPS) is 38.2. The lowest BCUT2D eigenvalue weighted by Crippen LogP contribution is -2.10. The van der Waals surface area contributed by atoms with Gasteiger partial charge >= 0.3 is 0 Å². The van der Waals surface area contributed by atoms with Crippen LogP contribution in [-0.4, -0.2) is 11.7 Å². The Kier molecular flexibility index (Phi) is 3.00. The van der Waals surface area contributed by atoms with Crippen molar-refractivity contribution in [2.24, 2.45) is 5.41 Å². The van der Waals surface area contributed by atoms with Crippen molar-refractivity contribution in [3.63, 3.8) is 0 Å². The first-order valence-corrected chi connectivity index (χ1v) is 6.42. The summed E-state index contributed by atoms with van der Waals surface area (Å²) in [5.74, 6) is 0. The lowest BCUT2D eigenvalue weighted by atomic mass is 9.85. The van der Waals surface area contributed by atoms with E-state index in [1.807, 2.05) is 0 Å². The Morgan fingerprint density at radius 1 is 1.31 bits per heavy atom. The molecule has 0 radical (unpaired) electrons. The third-order valence-corrected chi connectivity index (χ3v) is 3.78. The first-order valence-electron chi connectivity index (χ1n) is 6.42. The summed E-state index contributed by atoms with van der Waals surface area (Å²) in [6.07, 6.45) is 12.2. The van der Waals surface area contributed by atoms with Gasteiger partial charge in [0.2, 0.25) is 0 Å². The Bertz CT molecular complexity index is 324. The molecule has 1 fully saturated rings. The summed E-state index contributed by atoms with van der Waals surface area (Å²) in [7, 11) is 0. The fraction of sp³-hybridized carbons (Fsp3) is 0.733. The van der Waals surface area contributed by atoms with E-state index in [0.29, 0.717) is 6.10 Å². The second kappa shape index (κ2) is 4.03. The maximum Gasteiger partial charge on any atom is 0.0954 e. The largest absolute Gasteiger partial charge is 0.366 e. The van der Waals surface area contributed by atoms with E-state index >= 15 is 0 Å². The average molecular weight is 220 g/mol. The number of fused-ring (bicyclic) bond motifs is 1. The number of epoxide rings is 1. The van der Waals surface area contributed by atoms with E-state index in [0.717, 1.165) is 6.42 Å². The van der Waals surface area contributed by atoms with Crippen LogP contribution in [0.5, 0.6) is 0 Å². The molecule has 1 aliphatic carbocycles. The highest BCUT2D eigenvalue weighted by Crippen LogP contribution is 2.43. The summed E-state index contributed by atoms with van der Waals surface area (Å²) >= 11 is 0. The molecular formula is C15H24O. The first kappa shape index (κ1) is 11.9. The fourth-order valence-electron chi connectivity index (χ4n) is 2.78. The minimum absolute atomic E-state index is 0.138. The Morgan fingerprint density at radius 3 is 2.81 bits per heavy atom. The summed E-state index contributed by atoms with van der Waals surface area (Å²) in [5.41, 5.74) is 1.93. The van der Waals surface area contributed by atoms with Gasteiger partial charge in [-0.05, 0) is 44.9 Å². The average Bonchev–Trinajstić information content (AvgIpc) is 2.74. The molecular weight excluding hydrogens is 196 g/mol. The molecule has 1 nitrogen and oxygen atoms in total. The monoisotopic (exact) mass is 220 g/mol. The maximum absolute atomic E-state index is 5.80. The van der Waals surface area contributed by atoms with E-state index in [9.17, 15) is 0 Å². The standard InChI is InChI=1S/C15H24O/c1-12-7-5-8-13-15(4,16-13)10-6-9-14(2,3)11-12/h6-7,9,13H,5,8,10-11H2,1-4H3. The van der Waals surface area contributed by atoms with E-state index in [4.69, 9.17) is 4.74 Å². The summed E-state index contributed by atoms with van der Waals surface area (Å²) in [6.45, 7) is 9.11. The molecule has 2 rings (SSSR count). The second-order valence-electron chi connectivity index (χ2n) is 6.32. The van der Waals surface area contributed by atoms with Crippen LogP contribution in [0.25, 0.3) is 0 Å². The van der Waals surface area contributed by atoms with E-state index in [-0.39, 0.29) is 11.0 Å².